The minimum Gasteiger partial charge on any atom is -1.00 e. The van der Waals surface area contributed by atoms with Crippen molar-refractivity contribution >= 4 is 29.3 Å². The highest BCUT2D eigenvalue weighted by Crippen LogP contribution is 2.30. The molecule has 1 amide bonds. The van der Waals surface area contributed by atoms with Gasteiger partial charge in [0.2, 0.25) is 5.91 Å². The molecule has 160 valence electrons. The third-order valence-corrected chi connectivity index (χ3v) is 6.53. The van der Waals surface area contributed by atoms with Gasteiger partial charge in [0.25, 0.3) is 0 Å². The van der Waals surface area contributed by atoms with E-state index in [1.807, 2.05) is 0 Å². The highest BCUT2D eigenvalue weighted by molar-refractivity contribution is 7.99. The van der Waals surface area contributed by atoms with Gasteiger partial charge >= 0.3 is 1.43 Å². The van der Waals surface area contributed by atoms with E-state index < -0.39 is 41.3 Å². The number of alkyl halides is 1. The summed E-state index contributed by atoms with van der Waals surface area (Å²) in [6.07, 6.45) is -0.236. The first kappa shape index (κ1) is 25.2. The van der Waals surface area contributed by atoms with E-state index in [1.54, 1.807) is 13.2 Å². The molecule has 7 nitrogen and oxygen atoms in total. The van der Waals surface area contributed by atoms with Crippen molar-refractivity contribution in [1.29, 1.82) is 0 Å². The molecule has 2 fully saturated rings. The molecule has 0 saturated carbocycles. The second-order valence-electron chi connectivity index (χ2n) is 7.19. The molecular weight excluding hydrogens is 415 g/mol. The number of hydrogen-bond acceptors (Lipinski definition) is 7. The number of nitrogens with one attached hydrogen (secondary N) is 2. The van der Waals surface area contributed by atoms with Gasteiger partial charge in [0.15, 0.2) is 0 Å². The summed E-state index contributed by atoms with van der Waals surface area (Å²) in [5.74, 6) is 0.325. The van der Waals surface area contributed by atoms with E-state index in [0.717, 1.165) is 25.8 Å². The summed E-state index contributed by atoms with van der Waals surface area (Å²) in [5.41, 5.74) is -0.703. The second-order valence-corrected chi connectivity index (χ2v) is 8.82. The zero-order valence-corrected chi connectivity index (χ0v) is 18.2. The van der Waals surface area contributed by atoms with Crippen LogP contribution in [0.5, 0.6) is 0 Å². The lowest BCUT2D eigenvalue weighted by Gasteiger charge is -2.44. The molecule has 0 bridgehead atoms. The maximum absolute atomic E-state index is 12.7. The summed E-state index contributed by atoms with van der Waals surface area (Å²) in [6, 6.07) is -1.00. The Labute approximate surface area is 177 Å². The molecule has 2 saturated heterocycles. The predicted molar refractivity (Wildman–Crippen MR) is 103 cm³/mol. The van der Waals surface area contributed by atoms with E-state index >= 15 is 0 Å². The van der Waals surface area contributed by atoms with Crippen molar-refractivity contribution in [3.05, 3.63) is 0 Å². The van der Waals surface area contributed by atoms with Crippen LogP contribution in [0.4, 0.5) is 0 Å². The zero-order chi connectivity index (χ0) is 19.4. The van der Waals surface area contributed by atoms with Crippen LogP contribution in [0.1, 0.15) is 34.5 Å². The molecule has 0 aliphatic carbocycles. The van der Waals surface area contributed by atoms with E-state index in [4.69, 9.17) is 16.3 Å². The van der Waals surface area contributed by atoms with Gasteiger partial charge in [-0.15, -0.1) is 23.4 Å². The molecule has 27 heavy (non-hydrogen) atoms. The van der Waals surface area contributed by atoms with E-state index in [-0.39, 0.29) is 25.8 Å². The number of halogens is 2. The van der Waals surface area contributed by atoms with Gasteiger partial charge in [0, 0.05) is 0 Å². The van der Waals surface area contributed by atoms with Gasteiger partial charge in [-0.3, -0.25) is 4.79 Å². The summed E-state index contributed by atoms with van der Waals surface area (Å²) in [5, 5.41) is 36.1. The van der Waals surface area contributed by atoms with Gasteiger partial charge in [0.05, 0.1) is 17.5 Å². The number of carbonyl (C=O) groups is 1. The van der Waals surface area contributed by atoms with Crippen LogP contribution >= 0.6 is 23.4 Å². The van der Waals surface area contributed by atoms with Crippen LogP contribution in [0.15, 0.2) is 0 Å². The average molecular weight is 447 g/mol. The maximum Gasteiger partial charge on any atom is 1.00 e. The summed E-state index contributed by atoms with van der Waals surface area (Å²) in [6.45, 7) is 4.62. The van der Waals surface area contributed by atoms with Crippen LogP contribution < -0.4 is 23.0 Å². The molecule has 0 aromatic rings. The molecule has 5 N–H and O–H groups in total. The van der Waals surface area contributed by atoms with Gasteiger partial charge < -0.3 is 43.1 Å². The van der Waals surface area contributed by atoms with Crippen LogP contribution in [-0.2, 0) is 9.53 Å². The average Bonchev–Trinajstić information content (AvgIpc) is 2.64. The largest absolute Gasteiger partial charge is 1.00 e. The monoisotopic (exact) mass is 446 g/mol. The number of ether oxygens (including phenoxy) is 1. The van der Waals surface area contributed by atoms with Crippen molar-refractivity contribution in [2.24, 2.45) is 5.92 Å². The van der Waals surface area contributed by atoms with Crippen molar-refractivity contribution in [2.75, 3.05) is 12.8 Å². The molecule has 0 aromatic carbocycles. The van der Waals surface area contributed by atoms with E-state index in [0.29, 0.717) is 5.92 Å². The molecule has 2 aliphatic heterocycles. The first-order valence-corrected chi connectivity index (χ1v) is 10.9. The summed E-state index contributed by atoms with van der Waals surface area (Å²) in [4.78, 5) is 12.7. The number of aliphatic hydroxyl groups is 3. The highest BCUT2D eigenvalue weighted by Gasteiger charge is 2.48. The SMILES string of the molecule is CC[C@@H]1CCN[C@H](C(=O)N[C@@H]([C@H]2O[C@H](SC)[C@H](O)[C@@H](O)[C@@H]2O)[C@H](C)Cl)C1.[Cl-].[H+]. The molecule has 2 aliphatic rings. The maximum atomic E-state index is 12.7. The standard InChI is InChI=1S/C17H31ClN2O5S.ClH/c1-4-9-5-6-19-10(7-9)16(24)20-11(8(2)18)15-13(22)12(21)14(23)17(25-15)26-3;/h8-15,17,19,21-23H,4-7H2,1-3H3,(H,20,24);1H/t8-,9+,10-,11+,12-,13-,14+,15+,17+;/m0./s1. The fourth-order valence-electron chi connectivity index (χ4n) is 3.66. The van der Waals surface area contributed by atoms with Crippen molar-refractivity contribution < 1.29 is 38.7 Å². The molecule has 2 rings (SSSR count). The highest BCUT2D eigenvalue weighted by atomic mass is 35.5. The Balaban J connectivity index is 0.00000364. The van der Waals surface area contributed by atoms with Crippen molar-refractivity contribution in [1.82, 2.24) is 10.6 Å². The topological polar surface area (TPSA) is 111 Å². The Morgan fingerprint density at radius 3 is 2.59 bits per heavy atom. The second kappa shape index (κ2) is 11.4. The Morgan fingerprint density at radius 1 is 1.37 bits per heavy atom. The van der Waals surface area contributed by atoms with Gasteiger partial charge in [-0.05, 0) is 38.5 Å². The number of amides is 1. The van der Waals surface area contributed by atoms with Gasteiger partial charge in [0.1, 0.15) is 29.9 Å². The quantitative estimate of drug-likeness (QED) is 0.279. The van der Waals surface area contributed by atoms with Crippen molar-refractivity contribution in [2.45, 2.75) is 80.4 Å². The molecule has 10 heteroatoms. The van der Waals surface area contributed by atoms with Crippen LogP contribution in [0.2, 0.25) is 0 Å². The predicted octanol–water partition coefficient (Wildman–Crippen LogP) is -2.84. The Hall–Kier alpha value is 0.200. The van der Waals surface area contributed by atoms with Gasteiger partial charge in [-0.2, -0.15) is 0 Å². The molecule has 0 radical (unpaired) electrons. The van der Waals surface area contributed by atoms with Crippen molar-refractivity contribution in [3.63, 3.8) is 0 Å². The number of rotatable bonds is 6. The summed E-state index contributed by atoms with van der Waals surface area (Å²) in [7, 11) is 0. The lowest BCUT2D eigenvalue weighted by Crippen LogP contribution is -3.00. The van der Waals surface area contributed by atoms with Crippen LogP contribution in [0.3, 0.4) is 0 Å². The molecule has 2 heterocycles. The number of thioether (sulfide) groups is 1. The van der Waals surface area contributed by atoms with Crippen LogP contribution in [0, 0.1) is 5.92 Å². The third kappa shape index (κ3) is 6.09. The fraction of sp³-hybridized carbons (Fsp3) is 0.941. The smallest absolute Gasteiger partial charge is 1.00 e. The fourth-order valence-corrected chi connectivity index (χ4v) is 4.54. The number of aliphatic hydroxyl groups excluding tert-OH is 3. The number of hydrogen-bond donors (Lipinski definition) is 5. The minimum atomic E-state index is -1.36. The lowest BCUT2D eigenvalue weighted by molar-refractivity contribution is -0.205. The first-order chi connectivity index (χ1) is 12.3. The van der Waals surface area contributed by atoms with Crippen LogP contribution in [-0.4, -0.2) is 81.3 Å². The Bertz CT molecular complexity index is 481. The molecule has 0 aromatic heterocycles. The lowest BCUT2D eigenvalue weighted by atomic mass is 9.89. The Kier molecular flexibility index (Phi) is 10.7. The first-order valence-electron chi connectivity index (χ1n) is 9.20. The van der Waals surface area contributed by atoms with Crippen molar-refractivity contribution in [3.8, 4) is 0 Å². The normalized spacial score (nSPS) is 39.1. The van der Waals surface area contributed by atoms with E-state index in [9.17, 15) is 20.1 Å². The van der Waals surface area contributed by atoms with Gasteiger partial charge in [-0.25, -0.2) is 0 Å². The van der Waals surface area contributed by atoms with E-state index in [1.165, 1.54) is 11.8 Å². The van der Waals surface area contributed by atoms with Crippen LogP contribution in [0.25, 0.3) is 0 Å². The molecule has 0 unspecified atom stereocenters. The zero-order valence-electron chi connectivity index (χ0n) is 16.8. The number of carbonyl (C=O) groups excluding carboxylic acids is 1. The van der Waals surface area contributed by atoms with Gasteiger partial charge in [-0.1, -0.05) is 13.3 Å². The third-order valence-electron chi connectivity index (χ3n) is 5.40. The molecule has 9 atom stereocenters. The molecular formula is C17H32Cl2N2O5S. The Morgan fingerprint density at radius 2 is 2.04 bits per heavy atom. The minimum absolute atomic E-state index is 0. The summed E-state index contributed by atoms with van der Waals surface area (Å²) >= 11 is 7.51. The summed E-state index contributed by atoms with van der Waals surface area (Å²) < 4.78 is 5.77. The van der Waals surface area contributed by atoms with E-state index in [2.05, 4.69) is 17.6 Å². The number of piperidine rings is 1. The molecule has 0 spiro atoms.